The maximum Gasteiger partial charge on any atom is 0.333 e. The number of epoxide rings is 1. The minimum Gasteiger partial charge on any atom is -0.459 e. The van der Waals surface area contributed by atoms with Crippen molar-refractivity contribution in [3.8, 4) is 0 Å². The Balaban J connectivity index is 1.82. The third-order valence-electron chi connectivity index (χ3n) is 6.63. The first-order valence-corrected chi connectivity index (χ1v) is 8.94. The molecule has 0 aromatic carbocycles. The predicted octanol–water partition coefficient (Wildman–Crippen LogP) is 3.60. The molecule has 0 unspecified atom stereocenters. The van der Waals surface area contributed by atoms with Crippen molar-refractivity contribution >= 4 is 11.8 Å². The normalized spacial score (nSPS) is 42.2. The number of carbonyl (C=O) groups is 2. The number of carbonyl (C=O) groups excluding carboxylic acids is 2. The highest BCUT2D eigenvalue weighted by Gasteiger charge is 2.57. The molecule has 1 saturated heterocycles. The van der Waals surface area contributed by atoms with Crippen molar-refractivity contribution in [1.82, 2.24) is 0 Å². The summed E-state index contributed by atoms with van der Waals surface area (Å²) >= 11 is 0. The fourth-order valence-corrected chi connectivity index (χ4v) is 4.23. The standard InChI is InChI=1S/C20H28O4/c1-6-12(2)18(22)24-17-8-7-14-9-16(21)15(20(5)11-23-20)10-19(14,4)13(17)3/h6,9,13,15,17H,7-8,10-11H2,1-5H3/b12-6-/t13-,15+,17+,19+,20-/m0/s1. The molecule has 0 aromatic rings. The summed E-state index contributed by atoms with van der Waals surface area (Å²) in [4.78, 5) is 24.7. The fourth-order valence-electron chi connectivity index (χ4n) is 4.23. The number of allylic oxidation sites excluding steroid dienone is 3. The maximum atomic E-state index is 12.5. The van der Waals surface area contributed by atoms with Crippen molar-refractivity contribution < 1.29 is 19.1 Å². The molecule has 0 amide bonds. The van der Waals surface area contributed by atoms with Crippen LogP contribution in [0, 0.1) is 17.3 Å². The van der Waals surface area contributed by atoms with Gasteiger partial charge in [-0.2, -0.15) is 0 Å². The fraction of sp³-hybridized carbons (Fsp3) is 0.700. The number of fused-ring (bicyclic) bond motifs is 1. The summed E-state index contributed by atoms with van der Waals surface area (Å²) in [5.41, 5.74) is 1.45. The van der Waals surface area contributed by atoms with Crippen LogP contribution in [0.4, 0.5) is 0 Å². The zero-order chi connectivity index (χ0) is 17.7. The highest BCUT2D eigenvalue weighted by atomic mass is 16.6. The van der Waals surface area contributed by atoms with E-state index in [1.54, 1.807) is 13.0 Å². The lowest BCUT2D eigenvalue weighted by molar-refractivity contribution is -0.152. The second-order valence-corrected chi connectivity index (χ2v) is 8.09. The van der Waals surface area contributed by atoms with Gasteiger partial charge in [0.05, 0.1) is 18.1 Å². The summed E-state index contributed by atoms with van der Waals surface area (Å²) in [6.45, 7) is 10.7. The topological polar surface area (TPSA) is 55.9 Å². The first kappa shape index (κ1) is 17.4. The average Bonchev–Trinajstić information content (AvgIpc) is 3.29. The van der Waals surface area contributed by atoms with Crippen LogP contribution in [0.5, 0.6) is 0 Å². The van der Waals surface area contributed by atoms with Crippen LogP contribution in [0.25, 0.3) is 0 Å². The SMILES string of the molecule is C/C=C(/C)C(=O)O[C@@H]1CCC2=CC(=O)[C@H]([C@]3(C)CO3)C[C@]2(C)[C@H]1C. The smallest absolute Gasteiger partial charge is 0.333 e. The van der Waals surface area contributed by atoms with E-state index in [4.69, 9.17) is 9.47 Å². The molecular formula is C20H28O4. The molecule has 4 nitrogen and oxygen atoms in total. The molecule has 1 aliphatic heterocycles. The Morgan fingerprint density at radius 2 is 2.08 bits per heavy atom. The number of rotatable bonds is 3. The molecule has 5 atom stereocenters. The summed E-state index contributed by atoms with van der Waals surface area (Å²) in [5, 5.41) is 0. The van der Waals surface area contributed by atoms with Gasteiger partial charge in [0.15, 0.2) is 5.78 Å². The van der Waals surface area contributed by atoms with E-state index < -0.39 is 0 Å². The average molecular weight is 332 g/mol. The summed E-state index contributed by atoms with van der Waals surface area (Å²) in [6, 6.07) is 0. The second kappa shape index (κ2) is 5.83. The Morgan fingerprint density at radius 3 is 2.67 bits per heavy atom. The Kier molecular flexibility index (Phi) is 4.23. The van der Waals surface area contributed by atoms with Gasteiger partial charge < -0.3 is 9.47 Å². The molecule has 4 heteroatoms. The lowest BCUT2D eigenvalue weighted by Crippen LogP contribution is -2.48. The minimum atomic E-state index is -0.299. The van der Waals surface area contributed by atoms with Crippen LogP contribution in [0.3, 0.4) is 0 Å². The van der Waals surface area contributed by atoms with E-state index in [1.165, 1.54) is 5.57 Å². The van der Waals surface area contributed by atoms with E-state index in [0.717, 1.165) is 19.3 Å². The van der Waals surface area contributed by atoms with Crippen molar-refractivity contribution in [3.05, 3.63) is 23.3 Å². The van der Waals surface area contributed by atoms with Gasteiger partial charge in [-0.05, 0) is 51.5 Å². The van der Waals surface area contributed by atoms with E-state index in [1.807, 2.05) is 19.9 Å². The number of ketones is 1. The molecule has 0 bridgehead atoms. The highest BCUT2D eigenvalue weighted by Crippen LogP contribution is 2.55. The van der Waals surface area contributed by atoms with Crippen LogP contribution in [0.2, 0.25) is 0 Å². The predicted molar refractivity (Wildman–Crippen MR) is 91.4 cm³/mol. The largest absolute Gasteiger partial charge is 0.459 e. The van der Waals surface area contributed by atoms with Gasteiger partial charge in [0.1, 0.15) is 6.10 Å². The molecule has 2 aliphatic carbocycles. The Morgan fingerprint density at radius 1 is 1.42 bits per heavy atom. The molecule has 1 saturated carbocycles. The van der Waals surface area contributed by atoms with E-state index in [-0.39, 0.29) is 40.7 Å². The molecule has 0 radical (unpaired) electrons. The lowest BCUT2D eigenvalue weighted by atomic mass is 9.56. The Labute approximate surface area is 144 Å². The van der Waals surface area contributed by atoms with Crippen molar-refractivity contribution in [2.45, 2.75) is 65.6 Å². The molecule has 1 heterocycles. The lowest BCUT2D eigenvalue weighted by Gasteiger charge is -2.49. The number of hydrogen-bond donors (Lipinski definition) is 0. The van der Waals surface area contributed by atoms with Crippen LogP contribution < -0.4 is 0 Å². The van der Waals surface area contributed by atoms with Gasteiger partial charge in [-0.3, -0.25) is 4.79 Å². The van der Waals surface area contributed by atoms with E-state index in [0.29, 0.717) is 12.2 Å². The molecule has 0 N–H and O–H groups in total. The quantitative estimate of drug-likeness (QED) is 0.450. The van der Waals surface area contributed by atoms with Gasteiger partial charge >= 0.3 is 5.97 Å². The number of ether oxygens (including phenoxy) is 2. The van der Waals surface area contributed by atoms with E-state index >= 15 is 0 Å². The van der Waals surface area contributed by atoms with Crippen molar-refractivity contribution in [2.75, 3.05) is 6.61 Å². The van der Waals surface area contributed by atoms with Gasteiger partial charge in [0.2, 0.25) is 0 Å². The highest BCUT2D eigenvalue weighted by molar-refractivity contribution is 5.95. The number of esters is 1. The molecule has 3 aliphatic rings. The zero-order valence-corrected chi connectivity index (χ0v) is 15.3. The zero-order valence-electron chi connectivity index (χ0n) is 15.3. The summed E-state index contributed by atoms with van der Waals surface area (Å²) in [6.07, 6.45) is 5.93. The van der Waals surface area contributed by atoms with Crippen LogP contribution in [-0.2, 0) is 19.1 Å². The summed E-state index contributed by atoms with van der Waals surface area (Å²) in [5.74, 6) is 0.0747. The summed E-state index contributed by atoms with van der Waals surface area (Å²) < 4.78 is 11.3. The molecular weight excluding hydrogens is 304 g/mol. The number of hydrogen-bond acceptors (Lipinski definition) is 4. The van der Waals surface area contributed by atoms with E-state index in [9.17, 15) is 9.59 Å². The second-order valence-electron chi connectivity index (χ2n) is 8.09. The first-order chi connectivity index (χ1) is 11.2. The molecule has 132 valence electrons. The van der Waals surface area contributed by atoms with Gasteiger partial charge in [-0.15, -0.1) is 0 Å². The van der Waals surface area contributed by atoms with Crippen LogP contribution in [0.1, 0.15) is 53.9 Å². The molecule has 0 aromatic heterocycles. The van der Waals surface area contributed by atoms with E-state index in [2.05, 4.69) is 13.8 Å². The summed E-state index contributed by atoms with van der Waals surface area (Å²) in [7, 11) is 0. The van der Waals surface area contributed by atoms with Crippen LogP contribution >= 0.6 is 0 Å². The third kappa shape index (κ3) is 2.75. The molecule has 0 spiro atoms. The van der Waals surface area contributed by atoms with Crippen molar-refractivity contribution in [2.24, 2.45) is 17.3 Å². The maximum absolute atomic E-state index is 12.5. The Bertz CT molecular complexity index is 626. The van der Waals surface area contributed by atoms with Gasteiger partial charge in [0.25, 0.3) is 0 Å². The molecule has 24 heavy (non-hydrogen) atoms. The Hall–Kier alpha value is -1.42. The van der Waals surface area contributed by atoms with Crippen LogP contribution in [-0.4, -0.2) is 30.1 Å². The third-order valence-corrected chi connectivity index (χ3v) is 6.63. The monoisotopic (exact) mass is 332 g/mol. The molecule has 2 fully saturated rings. The van der Waals surface area contributed by atoms with Crippen molar-refractivity contribution in [3.63, 3.8) is 0 Å². The molecule has 3 rings (SSSR count). The minimum absolute atomic E-state index is 0.0829. The van der Waals surface area contributed by atoms with Crippen molar-refractivity contribution in [1.29, 1.82) is 0 Å². The van der Waals surface area contributed by atoms with Gasteiger partial charge in [0, 0.05) is 11.5 Å². The first-order valence-electron chi connectivity index (χ1n) is 8.94. The van der Waals surface area contributed by atoms with Crippen LogP contribution in [0.15, 0.2) is 23.3 Å². The van der Waals surface area contributed by atoms with Gasteiger partial charge in [-0.1, -0.05) is 25.5 Å². The van der Waals surface area contributed by atoms with Gasteiger partial charge in [-0.25, -0.2) is 4.79 Å².